The highest BCUT2D eigenvalue weighted by Gasteiger charge is 2.20. The Kier molecular flexibility index (Phi) is 5.88. The molecular weight excluding hydrogens is 278 g/mol. The van der Waals surface area contributed by atoms with Crippen LogP contribution in [-0.2, 0) is 12.8 Å². The molecule has 1 aromatic heterocycles. The second-order valence-corrected chi connectivity index (χ2v) is 6.30. The number of benzene rings is 1. The number of likely N-dealkylation sites (N-methyl/N-ethyl adjacent to an activating group) is 1. The number of nitrogens with one attached hydrogen (secondary N) is 1. The van der Waals surface area contributed by atoms with Crippen LogP contribution in [0, 0.1) is 13.8 Å². The third-order valence-electron chi connectivity index (χ3n) is 3.89. The van der Waals surface area contributed by atoms with E-state index in [2.05, 4.69) is 60.8 Å². The van der Waals surface area contributed by atoms with Crippen LogP contribution in [0.15, 0.2) is 18.2 Å². The summed E-state index contributed by atoms with van der Waals surface area (Å²) in [7, 11) is 0. The fourth-order valence-corrected chi connectivity index (χ4v) is 3.54. The summed E-state index contributed by atoms with van der Waals surface area (Å²) in [5, 5.41) is 7.94. The van der Waals surface area contributed by atoms with Crippen molar-refractivity contribution in [2.75, 3.05) is 6.54 Å². The summed E-state index contributed by atoms with van der Waals surface area (Å²) in [6.45, 7) is 9.70. The van der Waals surface area contributed by atoms with E-state index in [0.29, 0.717) is 6.04 Å². The van der Waals surface area contributed by atoms with Gasteiger partial charge in [-0.1, -0.05) is 43.0 Å². The van der Waals surface area contributed by atoms with E-state index in [9.17, 15) is 0 Å². The molecule has 0 spiro atoms. The Morgan fingerprint density at radius 2 is 1.90 bits per heavy atom. The van der Waals surface area contributed by atoms with Gasteiger partial charge in [-0.3, -0.25) is 0 Å². The summed E-state index contributed by atoms with van der Waals surface area (Å²) in [6, 6.07) is 6.84. The molecule has 0 radical (unpaired) electrons. The van der Waals surface area contributed by atoms with E-state index in [0.717, 1.165) is 25.8 Å². The van der Waals surface area contributed by atoms with Crippen LogP contribution in [-0.4, -0.2) is 16.1 Å². The molecule has 1 atom stereocenters. The highest BCUT2D eigenvalue weighted by Crippen LogP contribution is 2.27. The lowest BCUT2D eigenvalue weighted by molar-refractivity contribution is 0.549. The van der Waals surface area contributed by atoms with E-state index in [-0.39, 0.29) is 0 Å². The van der Waals surface area contributed by atoms with E-state index >= 15 is 0 Å². The molecule has 21 heavy (non-hydrogen) atoms. The van der Waals surface area contributed by atoms with Crippen LogP contribution in [0.1, 0.15) is 53.6 Å². The summed E-state index contributed by atoms with van der Waals surface area (Å²) in [4.78, 5) is 1.31. The average Bonchev–Trinajstić information content (AvgIpc) is 2.90. The molecule has 0 saturated carbocycles. The van der Waals surface area contributed by atoms with E-state index in [1.807, 2.05) is 0 Å². The molecule has 1 aromatic carbocycles. The van der Waals surface area contributed by atoms with Crippen molar-refractivity contribution < 1.29 is 0 Å². The molecule has 1 heterocycles. The quantitative estimate of drug-likeness (QED) is 0.840. The van der Waals surface area contributed by atoms with Crippen molar-refractivity contribution in [3.05, 3.63) is 45.5 Å². The molecule has 2 rings (SSSR count). The third kappa shape index (κ3) is 3.89. The first kappa shape index (κ1) is 16.1. The van der Waals surface area contributed by atoms with Gasteiger partial charge in [-0.25, -0.2) is 0 Å². The molecule has 0 fully saturated rings. The van der Waals surface area contributed by atoms with Crippen molar-refractivity contribution in [2.24, 2.45) is 0 Å². The zero-order chi connectivity index (χ0) is 15.2. The fourth-order valence-electron chi connectivity index (χ4n) is 2.77. The van der Waals surface area contributed by atoms with Gasteiger partial charge >= 0.3 is 0 Å². The first-order chi connectivity index (χ1) is 10.2. The van der Waals surface area contributed by atoms with Crippen molar-refractivity contribution in [3.8, 4) is 0 Å². The van der Waals surface area contributed by atoms with E-state index in [4.69, 9.17) is 0 Å². The van der Waals surface area contributed by atoms with Crippen LogP contribution >= 0.6 is 11.5 Å². The van der Waals surface area contributed by atoms with Gasteiger partial charge in [0.05, 0.1) is 10.6 Å². The van der Waals surface area contributed by atoms with Crippen LogP contribution in [0.2, 0.25) is 0 Å². The highest BCUT2D eigenvalue weighted by atomic mass is 32.1. The van der Waals surface area contributed by atoms with Crippen molar-refractivity contribution in [2.45, 2.75) is 53.0 Å². The van der Waals surface area contributed by atoms with Crippen LogP contribution in [0.3, 0.4) is 0 Å². The zero-order valence-electron chi connectivity index (χ0n) is 13.4. The zero-order valence-corrected chi connectivity index (χ0v) is 14.3. The number of rotatable bonds is 7. The molecule has 0 aliphatic carbocycles. The maximum atomic E-state index is 4.32. The summed E-state index contributed by atoms with van der Waals surface area (Å²) >= 11 is 1.54. The topological polar surface area (TPSA) is 37.8 Å². The Morgan fingerprint density at radius 3 is 2.52 bits per heavy atom. The summed E-state index contributed by atoms with van der Waals surface area (Å²) in [5.41, 5.74) is 5.35. The number of hydrogen-bond acceptors (Lipinski definition) is 4. The van der Waals surface area contributed by atoms with Gasteiger partial charge in [0.15, 0.2) is 0 Å². The standard InChI is InChI=1S/C17H25N3S/c1-5-8-15-17(21-20-19-15)16(18-6-2)11-14-12(3)9-7-10-13(14)4/h7,9-10,16,18H,5-6,8,11H2,1-4H3. The summed E-state index contributed by atoms with van der Waals surface area (Å²) in [6.07, 6.45) is 3.13. The molecule has 0 aliphatic heterocycles. The van der Waals surface area contributed by atoms with Crippen molar-refractivity contribution >= 4 is 11.5 Å². The first-order valence-electron chi connectivity index (χ1n) is 7.76. The lowest BCUT2D eigenvalue weighted by atomic mass is 9.95. The Morgan fingerprint density at radius 1 is 1.19 bits per heavy atom. The monoisotopic (exact) mass is 303 g/mol. The van der Waals surface area contributed by atoms with Gasteiger partial charge in [0.1, 0.15) is 0 Å². The maximum Gasteiger partial charge on any atom is 0.0803 e. The smallest absolute Gasteiger partial charge is 0.0803 e. The molecule has 2 aromatic rings. The lowest BCUT2D eigenvalue weighted by Gasteiger charge is -2.20. The minimum Gasteiger partial charge on any atom is -0.309 e. The SMILES string of the molecule is CCCc1nnsc1C(Cc1c(C)cccc1C)NCC. The number of hydrogen-bond donors (Lipinski definition) is 1. The summed E-state index contributed by atoms with van der Waals surface area (Å²) in [5.74, 6) is 0. The van der Waals surface area contributed by atoms with E-state index in [1.54, 1.807) is 11.5 Å². The normalized spacial score (nSPS) is 12.6. The van der Waals surface area contributed by atoms with E-state index < -0.39 is 0 Å². The molecule has 0 amide bonds. The number of aromatic nitrogens is 2. The summed E-state index contributed by atoms with van der Waals surface area (Å²) < 4.78 is 4.18. The van der Waals surface area contributed by atoms with Gasteiger partial charge in [-0.05, 0) is 61.5 Å². The predicted octanol–water partition coefficient (Wildman–Crippen LogP) is 4.00. The van der Waals surface area contributed by atoms with Crippen LogP contribution in [0.25, 0.3) is 0 Å². The Labute approximate surface area is 132 Å². The van der Waals surface area contributed by atoms with Crippen molar-refractivity contribution in [3.63, 3.8) is 0 Å². The van der Waals surface area contributed by atoms with Crippen LogP contribution in [0.5, 0.6) is 0 Å². The van der Waals surface area contributed by atoms with Crippen molar-refractivity contribution in [1.82, 2.24) is 14.9 Å². The molecule has 0 saturated heterocycles. The average molecular weight is 303 g/mol. The molecule has 3 nitrogen and oxygen atoms in total. The Balaban J connectivity index is 2.29. The third-order valence-corrected chi connectivity index (χ3v) is 4.77. The second-order valence-electron chi connectivity index (χ2n) is 5.52. The molecule has 0 bridgehead atoms. The highest BCUT2D eigenvalue weighted by molar-refractivity contribution is 7.05. The Bertz CT molecular complexity index is 557. The van der Waals surface area contributed by atoms with Gasteiger partial charge in [-0.15, -0.1) is 5.10 Å². The van der Waals surface area contributed by atoms with Gasteiger partial charge in [0, 0.05) is 6.04 Å². The van der Waals surface area contributed by atoms with E-state index in [1.165, 1.54) is 27.3 Å². The fraction of sp³-hybridized carbons (Fsp3) is 0.529. The van der Waals surface area contributed by atoms with Gasteiger partial charge in [0.2, 0.25) is 0 Å². The number of nitrogens with zero attached hydrogens (tertiary/aromatic N) is 2. The van der Waals surface area contributed by atoms with Gasteiger partial charge < -0.3 is 5.32 Å². The molecule has 1 unspecified atom stereocenters. The van der Waals surface area contributed by atoms with Gasteiger partial charge in [0.25, 0.3) is 0 Å². The second kappa shape index (κ2) is 7.66. The van der Waals surface area contributed by atoms with Crippen molar-refractivity contribution in [1.29, 1.82) is 0 Å². The lowest BCUT2D eigenvalue weighted by Crippen LogP contribution is -2.23. The van der Waals surface area contributed by atoms with Crippen LogP contribution in [0.4, 0.5) is 0 Å². The molecule has 114 valence electrons. The number of aryl methyl sites for hydroxylation is 3. The minimum atomic E-state index is 0.316. The minimum absolute atomic E-state index is 0.316. The Hall–Kier alpha value is -1.26. The maximum absolute atomic E-state index is 4.32. The molecule has 1 N–H and O–H groups in total. The van der Waals surface area contributed by atoms with Gasteiger partial charge in [-0.2, -0.15) is 0 Å². The molecule has 4 heteroatoms. The first-order valence-corrected chi connectivity index (χ1v) is 8.54. The molecular formula is C17H25N3S. The largest absolute Gasteiger partial charge is 0.309 e. The molecule has 0 aliphatic rings. The predicted molar refractivity (Wildman–Crippen MR) is 89.9 cm³/mol. The van der Waals surface area contributed by atoms with Crippen LogP contribution < -0.4 is 5.32 Å².